The zero-order valence-electron chi connectivity index (χ0n) is 26.3. The summed E-state index contributed by atoms with van der Waals surface area (Å²) >= 11 is 0.164. The van der Waals surface area contributed by atoms with Gasteiger partial charge in [-0.2, -0.15) is 0 Å². The Morgan fingerprint density at radius 3 is 1.76 bits per heavy atom. The molecule has 10 aromatic rings. The Kier molecular flexibility index (Phi) is 6.51. The van der Waals surface area contributed by atoms with E-state index in [1.165, 1.54) is 57.4 Å². The Balaban J connectivity index is 1.18. The summed E-state index contributed by atoms with van der Waals surface area (Å²) in [6.45, 7) is 0. The summed E-state index contributed by atoms with van der Waals surface area (Å²) in [5.41, 5.74) is 5.54. The van der Waals surface area contributed by atoms with Gasteiger partial charge >= 0.3 is 249 Å². The SMILES string of the molecule is c1ccc(-c2nc(-c3ccc4c(ccc5c6ccccc6ccc45)c3)nc(-c3cccc4[se]c5c(-c6ccccc6)cccc5c34)n2)cc1. The third-order valence-electron chi connectivity index (χ3n) is 9.52. The molecular formula is C45H27N3Se. The average molecular weight is 689 g/mol. The van der Waals surface area contributed by atoms with E-state index < -0.39 is 0 Å². The van der Waals surface area contributed by atoms with E-state index in [1.54, 1.807) is 0 Å². The molecular weight excluding hydrogens is 661 g/mol. The van der Waals surface area contributed by atoms with Crippen LogP contribution >= 0.6 is 0 Å². The Labute approximate surface area is 288 Å². The van der Waals surface area contributed by atoms with Crippen LogP contribution in [0.15, 0.2) is 164 Å². The second-order valence-electron chi connectivity index (χ2n) is 12.4. The van der Waals surface area contributed by atoms with Gasteiger partial charge in [-0.05, 0) is 10.8 Å². The van der Waals surface area contributed by atoms with Gasteiger partial charge in [-0.3, -0.25) is 0 Å². The first-order valence-electron chi connectivity index (χ1n) is 16.4. The van der Waals surface area contributed by atoms with Crippen LogP contribution in [0.1, 0.15) is 0 Å². The summed E-state index contributed by atoms with van der Waals surface area (Å²) in [7, 11) is 0. The topological polar surface area (TPSA) is 38.7 Å². The number of hydrogen-bond acceptors (Lipinski definition) is 3. The fourth-order valence-corrected chi connectivity index (χ4v) is 9.84. The Hall–Kier alpha value is -5.93. The predicted octanol–water partition coefficient (Wildman–Crippen LogP) is 11.4. The molecule has 2 aromatic heterocycles. The van der Waals surface area contributed by atoms with Gasteiger partial charge in [0.15, 0.2) is 0 Å². The fourth-order valence-electron chi connectivity index (χ4n) is 7.19. The van der Waals surface area contributed by atoms with Crippen LogP contribution in [0.3, 0.4) is 0 Å². The summed E-state index contributed by atoms with van der Waals surface area (Å²) in [4.78, 5) is 15.5. The van der Waals surface area contributed by atoms with Crippen LogP contribution in [0.2, 0.25) is 0 Å². The second-order valence-corrected chi connectivity index (χ2v) is 14.6. The van der Waals surface area contributed by atoms with Crippen molar-refractivity contribution in [1.29, 1.82) is 0 Å². The number of rotatable bonds is 4. The van der Waals surface area contributed by atoms with Crippen LogP contribution in [-0.2, 0) is 0 Å². The van der Waals surface area contributed by atoms with Gasteiger partial charge in [-0.25, -0.2) is 0 Å². The first-order valence-corrected chi connectivity index (χ1v) is 18.2. The summed E-state index contributed by atoms with van der Waals surface area (Å²) in [5, 5.41) is 9.94. The molecule has 0 saturated heterocycles. The van der Waals surface area contributed by atoms with E-state index in [1.807, 2.05) is 18.2 Å². The summed E-state index contributed by atoms with van der Waals surface area (Å²) in [6.07, 6.45) is 0. The third kappa shape index (κ3) is 4.69. The van der Waals surface area contributed by atoms with Gasteiger partial charge in [0, 0.05) is 0 Å². The van der Waals surface area contributed by atoms with Crippen molar-refractivity contribution in [2.24, 2.45) is 0 Å². The number of hydrogen-bond donors (Lipinski definition) is 0. The molecule has 0 bridgehead atoms. The van der Waals surface area contributed by atoms with Gasteiger partial charge in [0.2, 0.25) is 0 Å². The number of aromatic nitrogens is 3. The molecule has 4 heteroatoms. The van der Waals surface area contributed by atoms with Crippen molar-refractivity contribution < 1.29 is 0 Å². The van der Waals surface area contributed by atoms with Gasteiger partial charge in [-0.1, -0.05) is 30.3 Å². The molecule has 228 valence electrons. The van der Waals surface area contributed by atoms with Crippen LogP contribution in [0, 0.1) is 0 Å². The van der Waals surface area contributed by atoms with Crippen LogP contribution in [-0.4, -0.2) is 29.5 Å². The van der Waals surface area contributed by atoms with E-state index in [4.69, 9.17) is 15.0 Å². The van der Waals surface area contributed by atoms with Crippen molar-refractivity contribution in [1.82, 2.24) is 15.0 Å². The predicted molar refractivity (Wildman–Crippen MR) is 206 cm³/mol. The fraction of sp³-hybridized carbons (Fsp3) is 0. The number of nitrogens with zero attached hydrogens (tertiary/aromatic N) is 3. The Morgan fingerprint density at radius 1 is 0.347 bits per heavy atom. The van der Waals surface area contributed by atoms with E-state index in [0.29, 0.717) is 17.5 Å². The van der Waals surface area contributed by atoms with Gasteiger partial charge < -0.3 is 0 Å². The molecule has 0 aliphatic carbocycles. The normalized spacial score (nSPS) is 11.7. The van der Waals surface area contributed by atoms with E-state index in [2.05, 4.69) is 146 Å². The van der Waals surface area contributed by atoms with Gasteiger partial charge in [-0.15, -0.1) is 0 Å². The van der Waals surface area contributed by atoms with Crippen molar-refractivity contribution in [3.63, 3.8) is 0 Å². The maximum atomic E-state index is 5.23. The molecule has 0 spiro atoms. The first kappa shape index (κ1) is 28.1. The summed E-state index contributed by atoms with van der Waals surface area (Å²) in [6, 6.07) is 58.3. The molecule has 3 nitrogen and oxygen atoms in total. The van der Waals surface area contributed by atoms with E-state index in [0.717, 1.165) is 22.1 Å². The minimum atomic E-state index is 0.164. The molecule has 10 rings (SSSR count). The van der Waals surface area contributed by atoms with Crippen LogP contribution < -0.4 is 0 Å². The molecule has 2 heterocycles. The zero-order valence-corrected chi connectivity index (χ0v) is 28.1. The molecule has 49 heavy (non-hydrogen) atoms. The molecule has 0 amide bonds. The molecule has 0 aliphatic rings. The van der Waals surface area contributed by atoms with Gasteiger partial charge in [0.05, 0.1) is 0 Å². The molecule has 8 aromatic carbocycles. The Bertz CT molecular complexity index is 2880. The van der Waals surface area contributed by atoms with Crippen molar-refractivity contribution in [3.8, 4) is 45.3 Å². The quantitative estimate of drug-likeness (QED) is 0.136. The van der Waals surface area contributed by atoms with Gasteiger partial charge in [0.1, 0.15) is 0 Å². The number of fused-ring (bicyclic) bond motifs is 8. The van der Waals surface area contributed by atoms with Crippen molar-refractivity contribution in [3.05, 3.63) is 164 Å². The molecule has 0 radical (unpaired) electrons. The molecule has 0 aliphatic heterocycles. The van der Waals surface area contributed by atoms with Crippen LogP contribution in [0.5, 0.6) is 0 Å². The molecule has 0 saturated carbocycles. The molecule has 0 atom stereocenters. The van der Waals surface area contributed by atoms with Crippen LogP contribution in [0.25, 0.3) is 96.9 Å². The molecule has 0 unspecified atom stereocenters. The van der Waals surface area contributed by atoms with E-state index >= 15 is 0 Å². The van der Waals surface area contributed by atoms with Crippen molar-refractivity contribution in [2.75, 3.05) is 0 Å². The minimum absolute atomic E-state index is 0.164. The second kappa shape index (κ2) is 11.3. The van der Waals surface area contributed by atoms with E-state index in [9.17, 15) is 0 Å². The first-order chi connectivity index (χ1) is 24.3. The maximum absolute atomic E-state index is 5.23. The van der Waals surface area contributed by atoms with Crippen molar-refractivity contribution in [2.45, 2.75) is 0 Å². The van der Waals surface area contributed by atoms with Crippen LogP contribution in [0.4, 0.5) is 0 Å². The monoisotopic (exact) mass is 689 g/mol. The summed E-state index contributed by atoms with van der Waals surface area (Å²) in [5.74, 6) is 2.04. The standard InChI is InChI=1S/C45H27N3Se/c1-3-11-28(12-4-1)35-17-9-18-38-41-39(19-10-20-40(41)49-42(35)38)45-47-43(30-14-5-2-6-15-30)46-44(48-45)32-23-24-34-31(27-32)22-26-36-33-16-8-7-13-29(33)21-25-37(34)36/h1-27H. The molecule has 0 fully saturated rings. The molecule has 0 N–H and O–H groups in total. The van der Waals surface area contributed by atoms with Gasteiger partial charge in [0.25, 0.3) is 0 Å². The third-order valence-corrected chi connectivity index (χ3v) is 12.0. The average Bonchev–Trinajstić information content (AvgIpc) is 3.57. The summed E-state index contributed by atoms with van der Waals surface area (Å²) < 4.78 is 2.77. The zero-order chi connectivity index (χ0) is 32.3. The van der Waals surface area contributed by atoms with E-state index in [-0.39, 0.29) is 14.5 Å². The van der Waals surface area contributed by atoms with Crippen molar-refractivity contribution >= 4 is 66.1 Å². The number of benzene rings is 8. The Morgan fingerprint density at radius 2 is 0.939 bits per heavy atom.